The van der Waals surface area contributed by atoms with Crippen molar-refractivity contribution in [3.05, 3.63) is 59.1 Å². The maximum atomic E-state index is 15.4. The quantitative estimate of drug-likeness (QED) is 0.309. The monoisotopic (exact) mass is 660 g/mol. The maximum Gasteiger partial charge on any atom is 0.417 e. The van der Waals surface area contributed by atoms with Crippen LogP contribution in [-0.2, 0) is 15.8 Å². The van der Waals surface area contributed by atoms with Crippen LogP contribution < -0.4 is 15.1 Å². The van der Waals surface area contributed by atoms with Crippen LogP contribution >= 0.6 is 0 Å². The lowest BCUT2D eigenvalue weighted by molar-refractivity contribution is -0.137. The highest BCUT2D eigenvalue weighted by molar-refractivity contribution is 6.01. The number of benzene rings is 1. The van der Waals surface area contributed by atoms with Crippen molar-refractivity contribution in [3.8, 4) is 6.07 Å². The first-order valence-electron chi connectivity index (χ1n) is 15.3. The van der Waals surface area contributed by atoms with Gasteiger partial charge in [0.1, 0.15) is 29.3 Å². The highest BCUT2D eigenvalue weighted by Crippen LogP contribution is 2.37. The number of carbonyl (C=O) groups is 2. The highest BCUT2D eigenvalue weighted by atomic mass is 19.4. The molecular weight excluding hydrogens is 620 g/mol. The molecular formula is C32H40F4N8O3. The van der Waals surface area contributed by atoms with Gasteiger partial charge in [0.2, 0.25) is 11.8 Å². The van der Waals surface area contributed by atoms with Crippen LogP contribution in [0.2, 0.25) is 0 Å². The second-order valence-corrected chi connectivity index (χ2v) is 12.0. The molecule has 2 N–H and O–H groups in total. The Hall–Kier alpha value is -4.26. The molecule has 47 heavy (non-hydrogen) atoms. The fourth-order valence-electron chi connectivity index (χ4n) is 5.79. The summed E-state index contributed by atoms with van der Waals surface area (Å²) in [6, 6.07) is 5.48. The largest absolute Gasteiger partial charge is 0.417 e. The average Bonchev–Trinajstić information content (AvgIpc) is 3.00. The van der Waals surface area contributed by atoms with Crippen molar-refractivity contribution in [2.24, 2.45) is 0 Å². The van der Waals surface area contributed by atoms with E-state index >= 15 is 4.39 Å². The van der Waals surface area contributed by atoms with Crippen molar-refractivity contribution in [3.63, 3.8) is 0 Å². The van der Waals surface area contributed by atoms with Gasteiger partial charge in [0, 0.05) is 71.2 Å². The predicted octanol–water partition coefficient (Wildman–Crippen LogP) is 2.70. The molecule has 0 spiro atoms. The standard InChI is InChI=1S/C32H40F4N8O3/c1-21-17-24(32(34,35)36)23(18-37)30(38-21)39-26-10-12-44(29-25(33)7-5-8-27(29)41(4)31(26)47)20-22(45)19-42-13-15-43(16-14-42)28(46)9-6-11-40(2)3/h5-9,17,22,26,45H,10-16,19-20H2,1-4H3,(H,38,39)/b9-6+/t22-,26+/m1/s1. The van der Waals surface area contributed by atoms with E-state index in [9.17, 15) is 33.1 Å². The number of alkyl halides is 3. The number of likely N-dealkylation sites (N-methyl/N-ethyl adjacent to an activating group) is 2. The van der Waals surface area contributed by atoms with Gasteiger partial charge in [0.05, 0.1) is 23.0 Å². The van der Waals surface area contributed by atoms with E-state index in [-0.39, 0.29) is 54.8 Å². The van der Waals surface area contributed by atoms with Gasteiger partial charge in [-0.25, -0.2) is 9.37 Å². The number of nitriles is 1. The second-order valence-electron chi connectivity index (χ2n) is 12.0. The number of carbonyl (C=O) groups excluding carboxylic acids is 2. The summed E-state index contributed by atoms with van der Waals surface area (Å²) in [5.74, 6) is -1.60. The number of halogens is 4. The van der Waals surface area contributed by atoms with Crippen molar-refractivity contribution in [1.29, 1.82) is 5.26 Å². The lowest BCUT2D eigenvalue weighted by Crippen LogP contribution is -2.52. The molecule has 0 saturated carbocycles. The summed E-state index contributed by atoms with van der Waals surface area (Å²) in [4.78, 5) is 38.7. The molecule has 11 nitrogen and oxygen atoms in total. The Morgan fingerprint density at radius 2 is 1.91 bits per heavy atom. The van der Waals surface area contributed by atoms with Crippen LogP contribution in [0.5, 0.6) is 0 Å². The normalized spacial score (nSPS) is 18.6. The molecule has 2 aromatic rings. The highest BCUT2D eigenvalue weighted by Gasteiger charge is 2.37. The third-order valence-electron chi connectivity index (χ3n) is 8.15. The number of pyridine rings is 1. The number of hydrogen-bond donors (Lipinski definition) is 2. The summed E-state index contributed by atoms with van der Waals surface area (Å²) in [6.45, 7) is 4.40. The van der Waals surface area contributed by atoms with Gasteiger partial charge in [-0.15, -0.1) is 0 Å². The van der Waals surface area contributed by atoms with Gasteiger partial charge in [-0.1, -0.05) is 12.1 Å². The first kappa shape index (κ1) is 35.6. The Labute approximate surface area is 271 Å². The number of aryl methyl sites for hydroxylation is 1. The molecule has 3 heterocycles. The molecule has 2 aliphatic rings. The van der Waals surface area contributed by atoms with Crippen molar-refractivity contribution < 1.29 is 32.3 Å². The fourth-order valence-corrected chi connectivity index (χ4v) is 5.79. The number of aliphatic hydroxyl groups is 1. The molecule has 2 amide bonds. The molecule has 1 fully saturated rings. The van der Waals surface area contributed by atoms with Crippen molar-refractivity contribution in [2.75, 3.05) is 88.6 Å². The zero-order valence-electron chi connectivity index (χ0n) is 26.9. The molecule has 254 valence electrons. The number of rotatable bonds is 9. The number of aliphatic hydroxyl groups excluding tert-OH is 1. The Balaban J connectivity index is 1.50. The number of piperazine rings is 1. The Morgan fingerprint density at radius 1 is 1.21 bits per heavy atom. The molecule has 2 atom stereocenters. The van der Waals surface area contributed by atoms with Gasteiger partial charge in [0.25, 0.3) is 0 Å². The molecule has 0 bridgehead atoms. The van der Waals surface area contributed by atoms with Gasteiger partial charge < -0.3 is 30.0 Å². The van der Waals surface area contributed by atoms with Crippen LogP contribution in [0, 0.1) is 24.1 Å². The average molecular weight is 661 g/mol. The smallest absolute Gasteiger partial charge is 0.390 e. The molecule has 2 aliphatic heterocycles. The Bertz CT molecular complexity index is 1520. The lowest BCUT2D eigenvalue weighted by atomic mass is 10.0. The summed E-state index contributed by atoms with van der Waals surface area (Å²) in [5.41, 5.74) is -1.55. The van der Waals surface area contributed by atoms with E-state index in [1.54, 1.807) is 28.0 Å². The van der Waals surface area contributed by atoms with Crippen LogP contribution in [0.4, 0.5) is 34.8 Å². The first-order chi connectivity index (χ1) is 22.2. The fraction of sp³-hybridized carbons (Fsp3) is 0.500. The number of nitrogens with zero attached hydrogens (tertiary/aromatic N) is 7. The topological polar surface area (TPSA) is 119 Å². The van der Waals surface area contributed by atoms with E-state index in [4.69, 9.17) is 0 Å². The minimum absolute atomic E-state index is 0.000531. The summed E-state index contributed by atoms with van der Waals surface area (Å²) < 4.78 is 56.5. The molecule has 15 heteroatoms. The molecule has 1 aromatic heterocycles. The number of fused-ring (bicyclic) bond motifs is 1. The number of amides is 2. The SMILES string of the molecule is Cc1cc(C(F)(F)F)c(C#N)c(N[C@H]2CCN(C[C@H](O)CN3CCN(C(=O)/C=C/CN(C)C)CC3)c3c(F)cccc3N(C)C2=O)n1. The van der Waals surface area contributed by atoms with E-state index in [0.29, 0.717) is 32.7 Å². The Morgan fingerprint density at radius 3 is 2.55 bits per heavy atom. The van der Waals surface area contributed by atoms with Gasteiger partial charge in [0.15, 0.2) is 0 Å². The zero-order valence-corrected chi connectivity index (χ0v) is 26.9. The van der Waals surface area contributed by atoms with Gasteiger partial charge in [-0.3, -0.25) is 14.5 Å². The van der Waals surface area contributed by atoms with Crippen LogP contribution in [0.1, 0.15) is 23.2 Å². The minimum atomic E-state index is -4.81. The minimum Gasteiger partial charge on any atom is -0.390 e. The Kier molecular flexibility index (Phi) is 11.4. The number of β-amino-alcohol motifs (C(OH)–C–C–N with tert-alkyl or cyclic N) is 1. The van der Waals surface area contributed by atoms with Crippen molar-refractivity contribution >= 4 is 29.0 Å². The predicted molar refractivity (Wildman–Crippen MR) is 169 cm³/mol. The zero-order chi connectivity index (χ0) is 34.5. The first-order valence-corrected chi connectivity index (χ1v) is 15.3. The number of aromatic nitrogens is 1. The van der Waals surface area contributed by atoms with E-state index in [2.05, 4.69) is 10.3 Å². The van der Waals surface area contributed by atoms with Crippen LogP contribution in [-0.4, -0.2) is 122 Å². The maximum absolute atomic E-state index is 15.4. The van der Waals surface area contributed by atoms with E-state index in [1.807, 2.05) is 30.0 Å². The van der Waals surface area contributed by atoms with Gasteiger partial charge >= 0.3 is 6.18 Å². The second kappa shape index (κ2) is 15.1. The van der Waals surface area contributed by atoms with Crippen LogP contribution in [0.25, 0.3) is 0 Å². The van der Waals surface area contributed by atoms with Crippen molar-refractivity contribution in [2.45, 2.75) is 31.7 Å². The molecule has 1 aromatic carbocycles. The van der Waals surface area contributed by atoms with Gasteiger partial charge in [-0.2, -0.15) is 18.4 Å². The number of para-hydroxylation sites is 1. The summed E-state index contributed by atoms with van der Waals surface area (Å²) >= 11 is 0. The molecule has 0 radical (unpaired) electrons. The van der Waals surface area contributed by atoms with Crippen LogP contribution in [0.3, 0.4) is 0 Å². The van der Waals surface area contributed by atoms with E-state index in [1.165, 1.54) is 31.0 Å². The molecule has 0 unspecified atom stereocenters. The van der Waals surface area contributed by atoms with E-state index in [0.717, 1.165) is 6.07 Å². The number of nitrogens with one attached hydrogen (secondary N) is 1. The summed E-state index contributed by atoms with van der Waals surface area (Å²) in [7, 11) is 5.26. The molecule has 0 aliphatic carbocycles. The molecule has 1 saturated heterocycles. The molecule has 4 rings (SSSR count). The lowest BCUT2D eigenvalue weighted by Gasteiger charge is -2.38. The number of anilines is 3. The number of hydrogen-bond acceptors (Lipinski definition) is 9. The van der Waals surface area contributed by atoms with E-state index < -0.39 is 41.2 Å². The third-order valence-corrected chi connectivity index (χ3v) is 8.15. The summed E-state index contributed by atoms with van der Waals surface area (Å²) in [5, 5.41) is 23.5. The van der Waals surface area contributed by atoms with Gasteiger partial charge in [-0.05, 0) is 45.6 Å². The summed E-state index contributed by atoms with van der Waals surface area (Å²) in [6.07, 6.45) is -2.37. The third kappa shape index (κ3) is 8.76. The van der Waals surface area contributed by atoms with Crippen molar-refractivity contribution in [1.82, 2.24) is 19.7 Å². The van der Waals surface area contributed by atoms with Crippen LogP contribution in [0.15, 0.2) is 36.4 Å².